The maximum Gasteiger partial charge on any atom is 0.330 e. The third-order valence-electron chi connectivity index (χ3n) is 3.11. The minimum absolute atomic E-state index is 0.0203. The van der Waals surface area contributed by atoms with Gasteiger partial charge in [-0.25, -0.2) is 9.59 Å². The van der Waals surface area contributed by atoms with Crippen LogP contribution in [0.15, 0.2) is 25.3 Å². The highest BCUT2D eigenvalue weighted by molar-refractivity contribution is 5.98. The molecule has 0 fully saturated rings. The van der Waals surface area contributed by atoms with E-state index in [1.807, 2.05) is 6.92 Å². The number of hydrogen-bond donors (Lipinski definition) is 0. The van der Waals surface area contributed by atoms with Crippen LogP contribution in [0.3, 0.4) is 0 Å². The topological polar surface area (TPSA) is 61.8 Å². The van der Waals surface area contributed by atoms with Crippen LogP contribution in [-0.2, 0) is 23.5 Å². The van der Waals surface area contributed by atoms with Gasteiger partial charge in [-0.15, -0.1) is 0 Å². The van der Waals surface area contributed by atoms with Gasteiger partial charge in [-0.3, -0.25) is 0 Å². The van der Waals surface area contributed by atoms with Crippen LogP contribution in [0.1, 0.15) is 32.6 Å². The Hall–Kier alpha value is -1.40. The van der Waals surface area contributed by atoms with Gasteiger partial charge in [-0.05, 0) is 38.5 Å². The Kier molecular flexibility index (Phi) is 11.5. The molecular formula is C15H23O5Si. The third-order valence-corrected chi connectivity index (χ3v) is 3.48. The van der Waals surface area contributed by atoms with Crippen molar-refractivity contribution in [1.29, 1.82) is 0 Å². The molecule has 0 rings (SSSR count). The van der Waals surface area contributed by atoms with Crippen molar-refractivity contribution in [2.75, 3.05) is 13.2 Å². The lowest BCUT2D eigenvalue weighted by Gasteiger charge is -2.23. The first kappa shape index (κ1) is 19.6. The molecule has 0 aromatic carbocycles. The summed E-state index contributed by atoms with van der Waals surface area (Å²) < 4.78 is 15.0. The zero-order valence-electron chi connectivity index (χ0n) is 12.5. The number of carbonyl (C=O) groups is 2. The monoisotopic (exact) mass is 311 g/mol. The molecule has 5 nitrogen and oxygen atoms in total. The molecule has 0 aliphatic rings. The van der Waals surface area contributed by atoms with E-state index in [0.29, 0.717) is 13.2 Å². The smallest absolute Gasteiger partial charge is 0.330 e. The number of carbonyl (C=O) groups excluding carboxylic acids is 2. The second-order valence-corrected chi connectivity index (χ2v) is 4.85. The van der Waals surface area contributed by atoms with E-state index in [1.165, 1.54) is 0 Å². The summed E-state index contributed by atoms with van der Waals surface area (Å²) >= 11 is 0. The fourth-order valence-corrected chi connectivity index (χ4v) is 2.06. The van der Waals surface area contributed by atoms with Crippen molar-refractivity contribution in [3.8, 4) is 0 Å². The van der Waals surface area contributed by atoms with Crippen LogP contribution in [0.5, 0.6) is 0 Å². The van der Waals surface area contributed by atoms with Crippen LogP contribution in [-0.4, -0.2) is 41.7 Å². The van der Waals surface area contributed by atoms with E-state index in [1.54, 1.807) is 0 Å². The Bertz CT molecular complexity index is 315. The van der Waals surface area contributed by atoms with E-state index < -0.39 is 11.9 Å². The summed E-state index contributed by atoms with van der Waals surface area (Å²) in [7, 11) is 3.05. The first-order valence-corrected chi connectivity index (χ1v) is 7.36. The van der Waals surface area contributed by atoms with Crippen molar-refractivity contribution in [3.63, 3.8) is 0 Å². The summed E-state index contributed by atoms with van der Waals surface area (Å²) in [6.45, 7) is 9.36. The van der Waals surface area contributed by atoms with Gasteiger partial charge in [0.1, 0.15) is 0 Å². The van der Waals surface area contributed by atoms with Gasteiger partial charge >= 0.3 is 11.9 Å². The average Bonchev–Trinajstić information content (AvgIpc) is 2.51. The molecular weight excluding hydrogens is 288 g/mol. The van der Waals surface area contributed by atoms with Crippen LogP contribution in [0.4, 0.5) is 0 Å². The van der Waals surface area contributed by atoms with Crippen molar-refractivity contribution in [2.45, 2.75) is 38.7 Å². The summed E-state index contributed by atoms with van der Waals surface area (Å²) in [5, 5.41) is 0. The van der Waals surface area contributed by atoms with E-state index >= 15 is 0 Å². The van der Waals surface area contributed by atoms with Crippen molar-refractivity contribution < 1.29 is 23.5 Å². The summed E-state index contributed by atoms with van der Waals surface area (Å²) in [6.07, 6.45) is 5.52. The van der Waals surface area contributed by atoms with E-state index in [2.05, 4.69) is 23.6 Å². The van der Waals surface area contributed by atoms with Crippen LogP contribution in [0, 0.1) is 5.92 Å². The van der Waals surface area contributed by atoms with Gasteiger partial charge in [0.15, 0.2) is 0 Å². The summed E-state index contributed by atoms with van der Waals surface area (Å²) in [5.41, 5.74) is 0. The molecule has 0 heterocycles. The minimum Gasteiger partial charge on any atom is -0.463 e. The van der Waals surface area contributed by atoms with Crippen molar-refractivity contribution >= 4 is 22.4 Å². The fourth-order valence-electron chi connectivity index (χ4n) is 1.86. The van der Waals surface area contributed by atoms with E-state index in [-0.39, 0.29) is 12.0 Å². The Labute approximate surface area is 129 Å². The number of esters is 2. The zero-order chi connectivity index (χ0) is 16.1. The molecule has 0 bridgehead atoms. The van der Waals surface area contributed by atoms with Crippen LogP contribution in [0.25, 0.3) is 0 Å². The molecule has 0 amide bonds. The molecule has 0 aliphatic heterocycles. The highest BCUT2D eigenvalue weighted by Gasteiger charge is 2.16. The van der Waals surface area contributed by atoms with Crippen molar-refractivity contribution in [1.82, 2.24) is 0 Å². The second-order valence-electron chi connectivity index (χ2n) is 4.61. The van der Waals surface area contributed by atoms with E-state index in [9.17, 15) is 9.59 Å². The first-order chi connectivity index (χ1) is 10.0. The Morgan fingerprint density at radius 2 is 1.48 bits per heavy atom. The predicted octanol–water partition coefficient (Wildman–Crippen LogP) is 2.11. The lowest BCUT2D eigenvalue weighted by Crippen LogP contribution is -2.21. The average molecular weight is 311 g/mol. The Balaban J connectivity index is 3.97. The quantitative estimate of drug-likeness (QED) is 0.239. The van der Waals surface area contributed by atoms with Crippen LogP contribution >= 0.6 is 0 Å². The lowest BCUT2D eigenvalue weighted by atomic mass is 9.93. The molecule has 21 heavy (non-hydrogen) atoms. The third kappa shape index (κ3) is 10.0. The van der Waals surface area contributed by atoms with Gasteiger partial charge in [0, 0.05) is 18.3 Å². The van der Waals surface area contributed by atoms with Crippen molar-refractivity contribution in [2.24, 2.45) is 5.92 Å². The van der Waals surface area contributed by atoms with Gasteiger partial charge in [-0.1, -0.05) is 13.2 Å². The number of rotatable bonds is 12. The zero-order valence-corrected chi connectivity index (χ0v) is 13.5. The SMILES string of the molecule is C=CC(=O)OCCCC(CCCOC(=O)C=C)C(C)O[Si]. The molecule has 0 aromatic rings. The minimum atomic E-state index is -0.410. The molecule has 0 aromatic heterocycles. The molecule has 0 saturated heterocycles. The first-order valence-electron chi connectivity index (χ1n) is 6.95. The van der Waals surface area contributed by atoms with Gasteiger partial charge in [0.25, 0.3) is 0 Å². The van der Waals surface area contributed by atoms with Gasteiger partial charge in [-0.2, -0.15) is 0 Å². The molecule has 0 saturated carbocycles. The molecule has 1 unspecified atom stereocenters. The maximum absolute atomic E-state index is 10.9. The number of ether oxygens (including phenoxy) is 2. The Morgan fingerprint density at radius 1 is 1.05 bits per heavy atom. The molecule has 117 valence electrons. The molecule has 0 spiro atoms. The van der Waals surface area contributed by atoms with Gasteiger partial charge < -0.3 is 13.9 Å². The number of hydrogen-bond acceptors (Lipinski definition) is 5. The molecule has 6 heteroatoms. The lowest BCUT2D eigenvalue weighted by molar-refractivity contribution is -0.138. The normalized spacial score (nSPS) is 11.8. The maximum atomic E-state index is 10.9. The highest BCUT2D eigenvalue weighted by Crippen LogP contribution is 2.20. The summed E-state index contributed by atoms with van der Waals surface area (Å²) in [4.78, 5) is 21.8. The van der Waals surface area contributed by atoms with Gasteiger partial charge in [0.2, 0.25) is 10.5 Å². The molecule has 3 radical (unpaired) electrons. The Morgan fingerprint density at radius 3 is 1.81 bits per heavy atom. The summed E-state index contributed by atoms with van der Waals surface area (Å²) in [6, 6.07) is 0. The fraction of sp³-hybridized carbons (Fsp3) is 0.600. The largest absolute Gasteiger partial charge is 0.463 e. The van der Waals surface area contributed by atoms with Crippen molar-refractivity contribution in [3.05, 3.63) is 25.3 Å². The van der Waals surface area contributed by atoms with E-state index in [4.69, 9.17) is 13.9 Å². The van der Waals surface area contributed by atoms with E-state index in [0.717, 1.165) is 37.8 Å². The summed E-state index contributed by atoms with van der Waals surface area (Å²) in [5.74, 6) is -0.535. The molecule has 0 aliphatic carbocycles. The predicted molar refractivity (Wildman–Crippen MR) is 80.6 cm³/mol. The van der Waals surface area contributed by atoms with Gasteiger partial charge in [0.05, 0.1) is 13.2 Å². The highest BCUT2D eigenvalue weighted by atomic mass is 28.2. The molecule has 0 N–H and O–H groups in total. The molecule has 1 atom stereocenters. The second kappa shape index (κ2) is 12.3. The van der Waals surface area contributed by atoms with Crippen LogP contribution in [0.2, 0.25) is 0 Å². The van der Waals surface area contributed by atoms with Crippen LogP contribution < -0.4 is 0 Å². The standard InChI is InChI=1S/C15H23O5Si/c1-4-14(16)18-10-6-8-13(12(3)20-21)9-7-11-19-15(17)5-2/h4-5,12-13H,1-2,6-11H2,3H3.